The zero-order valence-corrected chi connectivity index (χ0v) is 13.5. The zero-order valence-electron chi connectivity index (χ0n) is 13.5. The highest BCUT2D eigenvalue weighted by atomic mass is 16.2. The maximum atomic E-state index is 12.3. The molecule has 1 aliphatic rings. The lowest BCUT2D eigenvalue weighted by molar-refractivity contribution is -0.516. The third-order valence-electron chi connectivity index (χ3n) is 3.46. The van der Waals surface area contributed by atoms with Crippen molar-refractivity contribution < 1.29 is 19.7 Å². The fraction of sp³-hybridized carbons (Fsp3) is 0.235. The molecule has 7 nitrogen and oxygen atoms in total. The van der Waals surface area contributed by atoms with Gasteiger partial charge in [-0.15, -0.1) is 0 Å². The number of benzene rings is 1. The Balaban J connectivity index is 1.85. The summed E-state index contributed by atoms with van der Waals surface area (Å²) in [5, 5.41) is 4.23. The summed E-state index contributed by atoms with van der Waals surface area (Å²) in [5.41, 5.74) is 5.69. The Labute approximate surface area is 140 Å². The number of urea groups is 1. The zero-order chi connectivity index (χ0) is 17.4. The summed E-state index contributed by atoms with van der Waals surface area (Å²) in [5.74, 6) is -0.935. The monoisotopic (exact) mass is 329 g/mol. The highest BCUT2D eigenvalue weighted by molar-refractivity contribution is 6.25. The molecule has 1 aromatic rings. The molecular weight excluding hydrogens is 308 g/mol. The van der Waals surface area contributed by atoms with Gasteiger partial charge in [-0.1, -0.05) is 31.5 Å². The van der Waals surface area contributed by atoms with E-state index in [0.717, 1.165) is 12.8 Å². The van der Waals surface area contributed by atoms with Crippen LogP contribution >= 0.6 is 0 Å². The number of anilines is 1. The van der Waals surface area contributed by atoms with Crippen LogP contribution in [0.4, 0.5) is 10.5 Å². The molecule has 0 saturated heterocycles. The molecule has 0 unspecified atom stereocenters. The number of hydrogen-bond acceptors (Lipinski definition) is 3. The maximum absolute atomic E-state index is 12.3. The van der Waals surface area contributed by atoms with Crippen LogP contribution in [0.1, 0.15) is 26.2 Å². The van der Waals surface area contributed by atoms with E-state index >= 15 is 0 Å². The molecule has 0 spiro atoms. The first-order valence-corrected chi connectivity index (χ1v) is 7.83. The largest absolute Gasteiger partial charge is 0.337 e. The Kier molecular flexibility index (Phi) is 6.27. The van der Waals surface area contributed by atoms with Gasteiger partial charge in [-0.3, -0.25) is 20.3 Å². The highest BCUT2D eigenvalue weighted by Gasteiger charge is 2.26. The molecule has 0 radical (unpaired) electrons. The highest BCUT2D eigenvalue weighted by Crippen LogP contribution is 2.13. The minimum atomic E-state index is -0.637. The van der Waals surface area contributed by atoms with Crippen LogP contribution in [-0.4, -0.2) is 17.7 Å². The molecule has 0 bridgehead atoms. The number of carbonyl (C=O) groups is 3. The van der Waals surface area contributed by atoms with Crippen molar-refractivity contribution in [3.63, 3.8) is 0 Å². The second kappa shape index (κ2) is 8.64. The summed E-state index contributed by atoms with van der Waals surface area (Å²) in [6.07, 6.45) is 5.67. The quantitative estimate of drug-likeness (QED) is 0.477. The van der Waals surface area contributed by atoms with E-state index in [-0.39, 0.29) is 11.4 Å². The van der Waals surface area contributed by atoms with Crippen molar-refractivity contribution in [1.82, 2.24) is 10.9 Å². The van der Waals surface area contributed by atoms with Gasteiger partial charge in [0, 0.05) is 5.69 Å². The van der Waals surface area contributed by atoms with Gasteiger partial charge < -0.3 is 5.32 Å². The van der Waals surface area contributed by atoms with Gasteiger partial charge in [0.1, 0.15) is 18.0 Å². The lowest BCUT2D eigenvalue weighted by Gasteiger charge is -2.13. The summed E-state index contributed by atoms with van der Waals surface area (Å²) in [6, 6.07) is 8.22. The molecular formula is C17H21N4O3+. The topological polar surface area (TPSA) is 104 Å². The first-order valence-electron chi connectivity index (χ1n) is 7.83. The van der Waals surface area contributed by atoms with Crippen LogP contribution < -0.4 is 21.5 Å². The number of allylic oxidation sites excluding steroid dienone is 1. The molecule has 1 aromatic carbocycles. The van der Waals surface area contributed by atoms with Gasteiger partial charge in [0.15, 0.2) is 0 Å². The maximum Gasteiger partial charge on any atom is 0.337 e. The van der Waals surface area contributed by atoms with Gasteiger partial charge in [-0.25, -0.2) is 10.2 Å². The van der Waals surface area contributed by atoms with Crippen molar-refractivity contribution >= 4 is 23.4 Å². The van der Waals surface area contributed by atoms with E-state index in [1.54, 1.807) is 35.8 Å². The Morgan fingerprint density at radius 3 is 2.54 bits per heavy atom. The summed E-state index contributed by atoms with van der Waals surface area (Å²) in [7, 11) is 0. The van der Waals surface area contributed by atoms with Crippen molar-refractivity contribution in [2.24, 2.45) is 0 Å². The number of nitrogens with two attached hydrogens (primary N) is 1. The number of rotatable bonds is 5. The van der Waals surface area contributed by atoms with Gasteiger partial charge in [-0.05, 0) is 25.0 Å². The molecule has 0 aliphatic carbocycles. The van der Waals surface area contributed by atoms with Crippen molar-refractivity contribution in [2.75, 3.05) is 5.32 Å². The standard InChI is InChI=1S/C17H20N4O3/c1-2-3-7-12-10-18-11-14(15(12)22)16(23)20-21-17(24)19-13-8-5-4-6-9-13/h4-6,8-11H,2-3,7H2,1H3,(H,18,22)(H,20,23)(H2,19,21,24)/p+1. The number of unbranched alkanes of at least 4 members (excludes halogenated alkanes) is 1. The van der Waals surface area contributed by atoms with Crippen LogP contribution in [0.15, 0.2) is 53.9 Å². The van der Waals surface area contributed by atoms with Crippen LogP contribution in [0.5, 0.6) is 0 Å². The van der Waals surface area contributed by atoms with Crippen LogP contribution in [0.3, 0.4) is 0 Å². The van der Waals surface area contributed by atoms with Crippen molar-refractivity contribution in [3.8, 4) is 0 Å². The number of hydrazine groups is 1. The lowest BCUT2D eigenvalue weighted by atomic mass is 9.98. The Morgan fingerprint density at radius 1 is 1.08 bits per heavy atom. The van der Waals surface area contributed by atoms with E-state index in [1.165, 1.54) is 6.20 Å². The average molecular weight is 329 g/mol. The average Bonchev–Trinajstić information content (AvgIpc) is 2.59. The van der Waals surface area contributed by atoms with E-state index in [1.807, 2.05) is 13.0 Å². The molecule has 1 heterocycles. The molecule has 0 fully saturated rings. The molecule has 0 atom stereocenters. The summed E-state index contributed by atoms with van der Waals surface area (Å²) < 4.78 is 0. The molecule has 7 heteroatoms. The van der Waals surface area contributed by atoms with Crippen LogP contribution in [0, 0.1) is 0 Å². The molecule has 24 heavy (non-hydrogen) atoms. The van der Waals surface area contributed by atoms with Crippen molar-refractivity contribution in [2.45, 2.75) is 26.2 Å². The number of Topliss-reactive ketones (excluding diaryl/α,β-unsaturated/α-hetero) is 1. The minimum absolute atomic E-state index is 0.0172. The Hall–Kier alpha value is -2.93. The number of ketones is 1. The summed E-state index contributed by atoms with van der Waals surface area (Å²) >= 11 is 0. The summed E-state index contributed by atoms with van der Waals surface area (Å²) in [6.45, 7) is 2.04. The predicted octanol–water partition coefficient (Wildman–Crippen LogP) is 0.943. The van der Waals surface area contributed by atoms with E-state index in [0.29, 0.717) is 17.7 Å². The normalized spacial score (nSPS) is 13.6. The molecule has 0 saturated carbocycles. The van der Waals surface area contributed by atoms with Gasteiger partial charge >= 0.3 is 6.03 Å². The van der Waals surface area contributed by atoms with Crippen molar-refractivity contribution in [3.05, 3.63) is 53.9 Å². The van der Waals surface area contributed by atoms with Crippen LogP contribution in [-0.2, 0) is 9.59 Å². The smallest absolute Gasteiger partial charge is 0.307 e. The number of hydrogen-bond donors (Lipinski definition) is 4. The Bertz CT molecular complexity index is 680. The number of para-hydroxylation sites is 1. The molecule has 3 amide bonds. The third kappa shape index (κ3) is 4.79. The van der Waals surface area contributed by atoms with E-state index in [9.17, 15) is 14.4 Å². The first kappa shape index (κ1) is 17.4. The summed E-state index contributed by atoms with van der Waals surface area (Å²) in [4.78, 5) is 36.1. The fourth-order valence-electron chi connectivity index (χ4n) is 2.19. The van der Waals surface area contributed by atoms with E-state index < -0.39 is 11.9 Å². The molecule has 5 N–H and O–H groups in total. The van der Waals surface area contributed by atoms with Crippen LogP contribution in [0.2, 0.25) is 0 Å². The molecule has 126 valence electrons. The Morgan fingerprint density at radius 2 is 1.83 bits per heavy atom. The van der Waals surface area contributed by atoms with Crippen molar-refractivity contribution in [1.29, 1.82) is 0 Å². The number of nitrogens with one attached hydrogen (secondary N) is 3. The second-order valence-electron chi connectivity index (χ2n) is 5.30. The van der Waals surface area contributed by atoms with E-state index in [2.05, 4.69) is 16.2 Å². The van der Waals surface area contributed by atoms with Crippen LogP contribution in [0.25, 0.3) is 0 Å². The molecule has 2 rings (SSSR count). The minimum Gasteiger partial charge on any atom is -0.307 e. The van der Waals surface area contributed by atoms with E-state index in [4.69, 9.17) is 0 Å². The third-order valence-corrected chi connectivity index (χ3v) is 3.46. The fourth-order valence-corrected chi connectivity index (χ4v) is 2.19. The van der Waals surface area contributed by atoms with Gasteiger partial charge in [-0.2, -0.15) is 0 Å². The number of quaternary nitrogens is 1. The number of carbonyl (C=O) groups excluding carboxylic acids is 3. The van der Waals surface area contributed by atoms with Gasteiger partial charge in [0.2, 0.25) is 5.78 Å². The predicted molar refractivity (Wildman–Crippen MR) is 89.4 cm³/mol. The molecule has 0 aromatic heterocycles. The SMILES string of the molecule is CCCCC1=C[NH2+]C=C(C(=O)NNC(=O)Nc2ccccc2)C1=O. The second-order valence-corrected chi connectivity index (χ2v) is 5.30. The van der Waals surface area contributed by atoms with Gasteiger partial charge in [0.05, 0.1) is 5.57 Å². The lowest BCUT2D eigenvalue weighted by Crippen LogP contribution is -2.73. The number of amides is 3. The first-order chi connectivity index (χ1) is 11.6. The molecule has 1 aliphatic heterocycles. The van der Waals surface area contributed by atoms with Gasteiger partial charge in [0.25, 0.3) is 5.91 Å².